The number of nitrogens with zero attached hydrogens (tertiary/aromatic N) is 2. The lowest BCUT2D eigenvalue weighted by molar-refractivity contribution is 0.771. The maximum absolute atomic E-state index is 2.47. The van der Waals surface area contributed by atoms with Gasteiger partial charge in [-0.3, -0.25) is 0 Å². The predicted molar refractivity (Wildman–Crippen MR) is 291 cm³/mol. The van der Waals surface area contributed by atoms with Gasteiger partial charge in [-0.25, -0.2) is 0 Å². The maximum Gasteiger partial charge on any atom is 0.0714 e. The molecule has 0 saturated heterocycles. The van der Waals surface area contributed by atoms with E-state index in [2.05, 4.69) is 289 Å². The number of benzene rings is 12. The van der Waals surface area contributed by atoms with E-state index in [0.717, 1.165) is 45.3 Å². The van der Waals surface area contributed by atoms with Crippen LogP contribution in [0.4, 0.5) is 34.1 Å². The van der Waals surface area contributed by atoms with Crippen molar-refractivity contribution in [2.45, 2.75) is 5.41 Å². The first-order chi connectivity index (χ1) is 34.2. The van der Waals surface area contributed by atoms with Crippen molar-refractivity contribution in [2.24, 2.45) is 0 Å². The number of anilines is 6. The number of rotatable bonds is 10. The first kappa shape index (κ1) is 40.3. The van der Waals surface area contributed by atoms with Crippen molar-refractivity contribution in [1.82, 2.24) is 0 Å². The fraction of sp³-hybridized carbons (Fsp3) is 0.0149. The van der Waals surface area contributed by atoms with Crippen molar-refractivity contribution in [3.8, 4) is 22.3 Å². The second-order valence-corrected chi connectivity index (χ2v) is 18.1. The summed E-state index contributed by atoms with van der Waals surface area (Å²) in [6.45, 7) is 0. The van der Waals surface area contributed by atoms with Gasteiger partial charge in [0.15, 0.2) is 0 Å². The summed E-state index contributed by atoms with van der Waals surface area (Å²) in [5.41, 5.74) is 16.0. The Kier molecular flexibility index (Phi) is 9.77. The third kappa shape index (κ3) is 6.72. The number of hydrogen-bond donors (Lipinski definition) is 0. The minimum Gasteiger partial charge on any atom is -0.310 e. The molecule has 0 spiro atoms. The van der Waals surface area contributed by atoms with Crippen LogP contribution in [0.25, 0.3) is 54.6 Å². The van der Waals surface area contributed by atoms with Crippen LogP contribution in [0, 0.1) is 0 Å². The minimum atomic E-state index is -0.507. The van der Waals surface area contributed by atoms with Gasteiger partial charge >= 0.3 is 0 Å². The van der Waals surface area contributed by atoms with Gasteiger partial charge < -0.3 is 9.80 Å². The summed E-state index contributed by atoms with van der Waals surface area (Å²) >= 11 is 0. The Labute approximate surface area is 403 Å². The van der Waals surface area contributed by atoms with Crippen LogP contribution >= 0.6 is 0 Å². The second-order valence-electron chi connectivity index (χ2n) is 18.1. The molecule has 1 aliphatic rings. The van der Waals surface area contributed by atoms with Crippen LogP contribution < -0.4 is 9.80 Å². The van der Waals surface area contributed by atoms with Crippen molar-refractivity contribution in [3.05, 3.63) is 301 Å². The van der Waals surface area contributed by atoms with E-state index < -0.39 is 5.41 Å². The van der Waals surface area contributed by atoms with Crippen LogP contribution in [-0.4, -0.2) is 0 Å². The van der Waals surface area contributed by atoms with Gasteiger partial charge in [-0.2, -0.15) is 0 Å². The van der Waals surface area contributed by atoms with Crippen LogP contribution in [0.1, 0.15) is 22.3 Å². The SMILES string of the molecule is c1ccc(-c2ccc(N(c3ccc(-c4ccc(N(c5ccccc5)c5cc6c7c(ccc8cccc(c87)C6(c6ccccc6)c6ccccc6)c5)cc4)cc3)c3cccc4ccccc34)cc2)cc1. The van der Waals surface area contributed by atoms with E-state index in [4.69, 9.17) is 0 Å². The largest absolute Gasteiger partial charge is 0.310 e. The molecule has 69 heavy (non-hydrogen) atoms. The molecule has 0 radical (unpaired) electrons. The predicted octanol–water partition coefficient (Wildman–Crippen LogP) is 18.1. The van der Waals surface area contributed by atoms with Gasteiger partial charge in [-0.05, 0) is 138 Å². The average molecular weight is 879 g/mol. The molecule has 2 nitrogen and oxygen atoms in total. The molecule has 1 aliphatic carbocycles. The molecule has 12 aromatic carbocycles. The van der Waals surface area contributed by atoms with Gasteiger partial charge in [-0.1, -0.05) is 212 Å². The van der Waals surface area contributed by atoms with Gasteiger partial charge in [0, 0.05) is 33.8 Å². The van der Waals surface area contributed by atoms with Gasteiger partial charge in [0.05, 0.1) is 11.1 Å². The highest BCUT2D eigenvalue weighted by molar-refractivity contribution is 6.17. The third-order valence-electron chi connectivity index (χ3n) is 14.3. The molecular weight excluding hydrogens is 833 g/mol. The van der Waals surface area contributed by atoms with Gasteiger partial charge in [0.25, 0.3) is 0 Å². The van der Waals surface area contributed by atoms with Crippen molar-refractivity contribution in [1.29, 1.82) is 0 Å². The number of fused-ring (bicyclic) bond motifs is 1. The highest BCUT2D eigenvalue weighted by atomic mass is 15.1. The molecule has 2 heteroatoms. The molecule has 0 N–H and O–H groups in total. The quantitative estimate of drug-likeness (QED) is 0.126. The maximum atomic E-state index is 2.47. The number of para-hydroxylation sites is 1. The van der Waals surface area contributed by atoms with Gasteiger partial charge in [0.1, 0.15) is 0 Å². The molecule has 13 rings (SSSR count). The lowest BCUT2D eigenvalue weighted by Crippen LogP contribution is -2.29. The average Bonchev–Trinajstić information content (AvgIpc) is 3.74. The Morgan fingerprint density at radius 1 is 0.246 bits per heavy atom. The van der Waals surface area contributed by atoms with Crippen molar-refractivity contribution >= 4 is 66.4 Å². The minimum absolute atomic E-state index is 0.507. The van der Waals surface area contributed by atoms with Crippen molar-refractivity contribution in [2.75, 3.05) is 9.80 Å². The first-order valence-electron chi connectivity index (χ1n) is 23.8. The molecule has 0 aliphatic heterocycles. The van der Waals surface area contributed by atoms with E-state index in [0.29, 0.717) is 0 Å². The zero-order valence-electron chi connectivity index (χ0n) is 38.0. The fourth-order valence-electron chi connectivity index (χ4n) is 11.2. The molecule has 0 heterocycles. The Hall–Kier alpha value is -8.98. The molecule has 0 aromatic heterocycles. The summed E-state index contributed by atoms with van der Waals surface area (Å²) in [6.07, 6.45) is 0. The Bertz CT molecular complexity index is 3750. The van der Waals surface area contributed by atoms with Gasteiger partial charge in [0.2, 0.25) is 0 Å². The molecule has 0 amide bonds. The summed E-state index contributed by atoms with van der Waals surface area (Å²) in [7, 11) is 0. The number of hydrogen-bond acceptors (Lipinski definition) is 2. The van der Waals surface area contributed by atoms with Crippen LogP contribution in [-0.2, 0) is 5.41 Å². The summed E-state index contributed by atoms with van der Waals surface area (Å²) in [5, 5.41) is 7.59. The summed E-state index contributed by atoms with van der Waals surface area (Å²) in [5.74, 6) is 0. The Balaban J connectivity index is 0.904. The molecule has 12 aromatic rings. The molecule has 0 saturated carbocycles. The van der Waals surface area contributed by atoms with Crippen molar-refractivity contribution < 1.29 is 0 Å². The fourth-order valence-corrected chi connectivity index (χ4v) is 11.2. The molecule has 0 unspecified atom stereocenters. The van der Waals surface area contributed by atoms with Crippen LogP contribution in [0.3, 0.4) is 0 Å². The topological polar surface area (TPSA) is 6.48 Å². The van der Waals surface area contributed by atoms with Crippen molar-refractivity contribution in [3.63, 3.8) is 0 Å². The lowest BCUT2D eigenvalue weighted by Gasteiger charge is -2.35. The van der Waals surface area contributed by atoms with E-state index in [1.807, 2.05) is 0 Å². The first-order valence-corrected chi connectivity index (χ1v) is 23.8. The van der Waals surface area contributed by atoms with E-state index in [1.54, 1.807) is 0 Å². The smallest absolute Gasteiger partial charge is 0.0714 e. The Morgan fingerprint density at radius 2 is 0.681 bits per heavy atom. The summed E-state index contributed by atoms with van der Waals surface area (Å²) in [6, 6.07) is 102. The highest BCUT2D eigenvalue weighted by Gasteiger charge is 2.45. The third-order valence-corrected chi connectivity index (χ3v) is 14.3. The van der Waals surface area contributed by atoms with Crippen LogP contribution in [0.5, 0.6) is 0 Å². The second kappa shape index (κ2) is 16.7. The monoisotopic (exact) mass is 878 g/mol. The summed E-state index contributed by atoms with van der Waals surface area (Å²) < 4.78 is 0. The van der Waals surface area contributed by atoms with E-state index >= 15 is 0 Å². The molecular formula is C67H46N2. The van der Waals surface area contributed by atoms with Gasteiger partial charge in [-0.15, -0.1) is 0 Å². The highest BCUT2D eigenvalue weighted by Crippen LogP contribution is 2.57. The normalized spacial score (nSPS) is 12.5. The van der Waals surface area contributed by atoms with E-state index in [9.17, 15) is 0 Å². The molecule has 324 valence electrons. The molecule has 0 bridgehead atoms. The Morgan fingerprint density at radius 3 is 1.29 bits per heavy atom. The zero-order valence-corrected chi connectivity index (χ0v) is 38.0. The van der Waals surface area contributed by atoms with Crippen LogP contribution in [0.2, 0.25) is 0 Å². The van der Waals surface area contributed by atoms with E-state index in [1.165, 1.54) is 65.7 Å². The summed E-state index contributed by atoms with van der Waals surface area (Å²) in [4.78, 5) is 4.80. The van der Waals surface area contributed by atoms with Crippen LogP contribution in [0.15, 0.2) is 279 Å². The standard InChI is InChI=1S/C67H46N2/c1-5-17-47(18-6-1)48-35-41-58(42-36-48)69(64-30-16-20-51-19-13-14-28-61(51)64)59-43-37-50(38-44-59)49-33-39-57(40-34-49)68(56-26-11-4-12-27-56)60-45-53-32-31-52-21-15-29-62-65(52)66(53)63(46-60)67(62,54-22-7-2-8-23-54)55-24-9-3-10-25-55/h1-46H. The van der Waals surface area contributed by atoms with E-state index in [-0.39, 0.29) is 0 Å². The molecule has 0 fully saturated rings. The zero-order chi connectivity index (χ0) is 45.7. The lowest BCUT2D eigenvalue weighted by atomic mass is 9.67. The molecule has 0 atom stereocenters.